The fourth-order valence-corrected chi connectivity index (χ4v) is 3.93. The van der Waals surface area contributed by atoms with Gasteiger partial charge in [-0.25, -0.2) is 0 Å². The van der Waals surface area contributed by atoms with E-state index in [4.69, 9.17) is 13.7 Å². The SMILES string of the molecule is Cc1cccc(OCc2nnc(SCC(=O)c3cc(C)n(-c4cc(C)on4)c3C)o2)c1. The minimum absolute atomic E-state index is 0.0275. The normalized spacial score (nSPS) is 11.1. The molecule has 0 saturated heterocycles. The number of aryl methyl sites for hydroxylation is 3. The van der Waals surface area contributed by atoms with Crippen molar-refractivity contribution in [3.8, 4) is 11.6 Å². The molecular formula is C22H22N4O4S. The molecule has 9 heteroatoms. The van der Waals surface area contributed by atoms with Crippen LogP contribution in [0.3, 0.4) is 0 Å². The zero-order chi connectivity index (χ0) is 22.0. The third-order valence-corrected chi connectivity index (χ3v) is 5.52. The Morgan fingerprint density at radius 1 is 1.13 bits per heavy atom. The molecule has 0 aliphatic heterocycles. The van der Waals surface area contributed by atoms with Crippen LogP contribution in [-0.4, -0.2) is 31.5 Å². The maximum Gasteiger partial charge on any atom is 0.277 e. The van der Waals surface area contributed by atoms with Gasteiger partial charge in [-0.15, -0.1) is 10.2 Å². The van der Waals surface area contributed by atoms with Gasteiger partial charge in [-0.05, 0) is 51.5 Å². The minimum atomic E-state index is -0.0275. The largest absolute Gasteiger partial charge is 0.484 e. The van der Waals surface area contributed by atoms with Crippen molar-refractivity contribution in [2.75, 3.05) is 5.75 Å². The van der Waals surface area contributed by atoms with Crippen molar-refractivity contribution in [2.45, 2.75) is 39.5 Å². The number of thioether (sulfide) groups is 1. The third-order valence-electron chi connectivity index (χ3n) is 4.70. The van der Waals surface area contributed by atoms with Crippen LogP contribution >= 0.6 is 11.8 Å². The molecule has 0 aliphatic rings. The van der Waals surface area contributed by atoms with Gasteiger partial charge in [-0.3, -0.25) is 9.36 Å². The van der Waals surface area contributed by atoms with Gasteiger partial charge in [-0.2, -0.15) is 0 Å². The van der Waals surface area contributed by atoms with E-state index in [0.717, 1.165) is 22.7 Å². The summed E-state index contributed by atoms with van der Waals surface area (Å²) >= 11 is 1.20. The zero-order valence-electron chi connectivity index (χ0n) is 17.7. The third kappa shape index (κ3) is 4.72. The number of Topliss-reactive ketones (excluding diaryl/α,β-unsaturated/α-hetero) is 1. The number of carbonyl (C=O) groups excluding carboxylic acids is 1. The maximum atomic E-state index is 12.8. The van der Waals surface area contributed by atoms with Crippen molar-refractivity contribution >= 4 is 17.5 Å². The Bertz CT molecular complexity index is 1220. The average Bonchev–Trinajstić information content (AvgIpc) is 3.44. The predicted octanol–water partition coefficient (Wildman–Crippen LogP) is 4.64. The van der Waals surface area contributed by atoms with Gasteiger partial charge in [0.15, 0.2) is 18.2 Å². The fraction of sp³-hybridized carbons (Fsp3) is 0.273. The average molecular weight is 439 g/mol. The van der Waals surface area contributed by atoms with Crippen molar-refractivity contribution in [2.24, 2.45) is 0 Å². The van der Waals surface area contributed by atoms with Crippen LogP contribution in [0, 0.1) is 27.7 Å². The molecule has 0 N–H and O–H groups in total. The van der Waals surface area contributed by atoms with E-state index in [1.54, 1.807) is 0 Å². The molecule has 0 saturated carbocycles. The van der Waals surface area contributed by atoms with E-state index >= 15 is 0 Å². The van der Waals surface area contributed by atoms with Crippen LogP contribution in [0.4, 0.5) is 0 Å². The lowest BCUT2D eigenvalue weighted by atomic mass is 10.2. The summed E-state index contributed by atoms with van der Waals surface area (Å²) in [7, 11) is 0. The first-order valence-electron chi connectivity index (χ1n) is 9.71. The highest BCUT2D eigenvalue weighted by Crippen LogP contribution is 2.24. The summed E-state index contributed by atoms with van der Waals surface area (Å²) < 4.78 is 18.3. The molecule has 4 aromatic rings. The first-order chi connectivity index (χ1) is 14.9. The molecule has 0 atom stereocenters. The minimum Gasteiger partial charge on any atom is -0.484 e. The second-order valence-electron chi connectivity index (χ2n) is 7.19. The number of hydrogen-bond acceptors (Lipinski definition) is 8. The van der Waals surface area contributed by atoms with E-state index in [-0.39, 0.29) is 18.1 Å². The van der Waals surface area contributed by atoms with Crippen LogP contribution < -0.4 is 4.74 Å². The summed E-state index contributed by atoms with van der Waals surface area (Å²) in [4.78, 5) is 12.8. The number of benzene rings is 1. The molecule has 3 aromatic heterocycles. The summed E-state index contributed by atoms with van der Waals surface area (Å²) in [6, 6.07) is 11.4. The highest BCUT2D eigenvalue weighted by atomic mass is 32.2. The van der Waals surface area contributed by atoms with Gasteiger partial charge in [0.1, 0.15) is 11.5 Å². The van der Waals surface area contributed by atoms with Gasteiger partial charge in [0.25, 0.3) is 11.1 Å². The number of hydrogen-bond donors (Lipinski definition) is 0. The van der Waals surface area contributed by atoms with E-state index < -0.39 is 0 Å². The molecule has 0 amide bonds. The molecule has 8 nitrogen and oxygen atoms in total. The summed E-state index contributed by atoms with van der Waals surface area (Å²) in [6.45, 7) is 7.82. The van der Waals surface area contributed by atoms with Crippen molar-refractivity contribution in [3.05, 3.63) is 70.6 Å². The predicted molar refractivity (Wildman–Crippen MR) is 115 cm³/mol. The Morgan fingerprint density at radius 3 is 2.71 bits per heavy atom. The number of nitrogens with zero attached hydrogens (tertiary/aromatic N) is 4. The van der Waals surface area contributed by atoms with Gasteiger partial charge < -0.3 is 13.7 Å². The van der Waals surface area contributed by atoms with E-state index in [2.05, 4.69) is 15.4 Å². The quantitative estimate of drug-likeness (QED) is 0.290. The number of ketones is 1. The van der Waals surface area contributed by atoms with Gasteiger partial charge in [-0.1, -0.05) is 29.1 Å². The molecule has 160 valence electrons. The van der Waals surface area contributed by atoms with Crippen molar-refractivity contribution in [1.29, 1.82) is 0 Å². The molecule has 0 aliphatic carbocycles. The molecule has 0 bridgehead atoms. The van der Waals surface area contributed by atoms with Crippen LogP contribution in [0.25, 0.3) is 5.82 Å². The monoisotopic (exact) mass is 438 g/mol. The molecule has 0 radical (unpaired) electrons. The highest BCUT2D eigenvalue weighted by Gasteiger charge is 2.19. The van der Waals surface area contributed by atoms with Crippen molar-refractivity contribution in [1.82, 2.24) is 19.9 Å². The second kappa shape index (κ2) is 8.81. The molecular weight excluding hydrogens is 416 g/mol. The van der Waals surface area contributed by atoms with E-state index in [9.17, 15) is 4.79 Å². The first-order valence-corrected chi connectivity index (χ1v) is 10.7. The van der Waals surface area contributed by atoms with Crippen LogP contribution in [-0.2, 0) is 6.61 Å². The molecule has 31 heavy (non-hydrogen) atoms. The van der Waals surface area contributed by atoms with Crippen molar-refractivity contribution in [3.63, 3.8) is 0 Å². The number of carbonyl (C=O) groups is 1. The Morgan fingerprint density at radius 2 is 1.97 bits per heavy atom. The Hall–Kier alpha value is -3.33. The lowest BCUT2D eigenvalue weighted by Crippen LogP contribution is -2.05. The van der Waals surface area contributed by atoms with E-state index in [0.29, 0.717) is 28.3 Å². The molecule has 0 fully saturated rings. The molecule has 1 aromatic carbocycles. The maximum absolute atomic E-state index is 12.8. The zero-order valence-corrected chi connectivity index (χ0v) is 18.5. The molecule has 0 unspecified atom stereocenters. The summed E-state index contributed by atoms with van der Waals surface area (Å²) in [6.07, 6.45) is 0. The van der Waals surface area contributed by atoms with Gasteiger partial charge in [0.2, 0.25) is 0 Å². The number of ether oxygens (including phenoxy) is 1. The Kier molecular flexibility index (Phi) is 5.94. The summed E-state index contributed by atoms with van der Waals surface area (Å²) in [5.74, 6) is 2.62. The van der Waals surface area contributed by atoms with Gasteiger partial charge in [0.05, 0.1) is 5.75 Å². The van der Waals surface area contributed by atoms with Crippen LogP contribution in [0.15, 0.2) is 50.6 Å². The highest BCUT2D eigenvalue weighted by molar-refractivity contribution is 7.99. The number of aromatic nitrogens is 4. The van der Waals surface area contributed by atoms with Crippen molar-refractivity contribution < 1.29 is 18.5 Å². The molecule has 4 rings (SSSR count). The standard InChI is InChI=1S/C22H22N4O4S/c1-13-6-5-7-17(8-13)28-11-21-23-24-22(29-21)31-12-19(27)18-9-14(2)26(16(18)4)20-10-15(3)30-25-20/h5-10H,11-12H2,1-4H3. The lowest BCUT2D eigenvalue weighted by Gasteiger charge is -2.04. The second-order valence-corrected chi connectivity index (χ2v) is 8.12. The van der Waals surface area contributed by atoms with E-state index in [1.165, 1.54) is 11.8 Å². The summed E-state index contributed by atoms with van der Waals surface area (Å²) in [5, 5.41) is 12.4. The van der Waals surface area contributed by atoms with Gasteiger partial charge >= 0.3 is 0 Å². The van der Waals surface area contributed by atoms with E-state index in [1.807, 2.05) is 68.7 Å². The van der Waals surface area contributed by atoms with Crippen LogP contribution in [0.2, 0.25) is 0 Å². The lowest BCUT2D eigenvalue weighted by molar-refractivity contribution is 0.102. The van der Waals surface area contributed by atoms with Crippen LogP contribution in [0.5, 0.6) is 5.75 Å². The smallest absolute Gasteiger partial charge is 0.277 e. The molecule has 3 heterocycles. The van der Waals surface area contributed by atoms with Gasteiger partial charge in [0, 0.05) is 23.0 Å². The fourth-order valence-electron chi connectivity index (χ4n) is 3.27. The topological polar surface area (TPSA) is 96.2 Å². The first kappa shape index (κ1) is 20.9. The Balaban J connectivity index is 1.37. The molecule has 0 spiro atoms. The summed E-state index contributed by atoms with van der Waals surface area (Å²) in [5.41, 5.74) is 3.46. The number of rotatable bonds is 8. The Labute approximate surface area is 183 Å². The van der Waals surface area contributed by atoms with Crippen LogP contribution in [0.1, 0.15) is 39.0 Å².